The van der Waals surface area contributed by atoms with E-state index in [0.29, 0.717) is 23.2 Å². The minimum absolute atomic E-state index is 0.328. The van der Waals surface area contributed by atoms with E-state index >= 15 is 0 Å². The number of nitrogens with two attached hydrogens (primary N) is 1. The largest absolute Gasteiger partial charge is 0.383 e. The molecule has 8 heteroatoms. The lowest BCUT2D eigenvalue weighted by molar-refractivity contribution is 0.573. The summed E-state index contributed by atoms with van der Waals surface area (Å²) in [6.45, 7) is 1.16. The molecule has 1 heterocycles. The molecule has 0 saturated carbocycles. The molecule has 3 aromatic carbocycles. The van der Waals surface area contributed by atoms with E-state index in [1.54, 1.807) is 12.1 Å². The van der Waals surface area contributed by atoms with Crippen molar-refractivity contribution in [1.29, 1.82) is 0 Å². The summed E-state index contributed by atoms with van der Waals surface area (Å²) in [6.07, 6.45) is 3.63. The molecule has 1 aromatic heterocycles. The van der Waals surface area contributed by atoms with Gasteiger partial charge in [-0.3, -0.25) is 0 Å². The number of anilines is 2. The Morgan fingerprint density at radius 1 is 0.750 bits per heavy atom. The van der Waals surface area contributed by atoms with Crippen LogP contribution < -0.4 is 15.8 Å². The number of fused-ring (bicyclic) bond motifs is 2. The molecule has 0 atom stereocenters. The van der Waals surface area contributed by atoms with Crippen LogP contribution in [0.4, 0.5) is 11.8 Å². The predicted molar refractivity (Wildman–Crippen MR) is 130 cm³/mol. The number of hydrogen-bond donors (Lipinski definition) is 3. The Bertz CT molecular complexity index is 1320. The second-order valence-electron chi connectivity index (χ2n) is 7.67. The van der Waals surface area contributed by atoms with Crippen LogP contribution >= 0.6 is 0 Å². The zero-order valence-corrected chi connectivity index (χ0v) is 18.6. The SMILES string of the molecule is Nc1nc(NCCCCCCNS(=O)(=O)c2cccc3ccccc23)nc2ccccc12. The highest BCUT2D eigenvalue weighted by Crippen LogP contribution is 2.22. The average Bonchev–Trinajstić information content (AvgIpc) is 2.80. The van der Waals surface area contributed by atoms with E-state index in [2.05, 4.69) is 20.0 Å². The molecule has 0 saturated heterocycles. The second-order valence-corrected chi connectivity index (χ2v) is 9.40. The Morgan fingerprint density at radius 2 is 1.44 bits per heavy atom. The maximum absolute atomic E-state index is 12.7. The second kappa shape index (κ2) is 9.93. The molecule has 4 N–H and O–H groups in total. The third kappa shape index (κ3) is 5.15. The van der Waals surface area contributed by atoms with Crippen LogP contribution in [-0.4, -0.2) is 31.5 Å². The van der Waals surface area contributed by atoms with E-state index in [-0.39, 0.29) is 0 Å². The van der Waals surface area contributed by atoms with Gasteiger partial charge >= 0.3 is 0 Å². The lowest BCUT2D eigenvalue weighted by Crippen LogP contribution is -2.25. The first-order valence-corrected chi connectivity index (χ1v) is 12.3. The van der Waals surface area contributed by atoms with Crippen LogP contribution in [0.15, 0.2) is 71.6 Å². The number of rotatable bonds is 10. The average molecular weight is 450 g/mol. The zero-order chi connectivity index (χ0) is 22.4. The van der Waals surface area contributed by atoms with E-state index in [9.17, 15) is 8.42 Å². The first-order chi connectivity index (χ1) is 15.5. The minimum Gasteiger partial charge on any atom is -0.383 e. The fraction of sp³-hybridized carbons (Fsp3) is 0.250. The third-order valence-corrected chi connectivity index (χ3v) is 6.87. The molecule has 4 rings (SSSR count). The highest BCUT2D eigenvalue weighted by atomic mass is 32.2. The van der Waals surface area contributed by atoms with Crippen LogP contribution in [0.1, 0.15) is 25.7 Å². The van der Waals surface area contributed by atoms with Gasteiger partial charge in [-0.05, 0) is 36.4 Å². The Morgan fingerprint density at radius 3 is 2.28 bits per heavy atom. The Labute approximate surface area is 188 Å². The van der Waals surface area contributed by atoms with Crippen molar-refractivity contribution in [3.8, 4) is 0 Å². The summed E-state index contributed by atoms with van der Waals surface area (Å²) in [7, 11) is -3.53. The van der Waals surface area contributed by atoms with E-state index < -0.39 is 10.0 Å². The minimum atomic E-state index is -3.53. The molecule has 0 aliphatic carbocycles. The van der Waals surface area contributed by atoms with Crippen LogP contribution in [0.2, 0.25) is 0 Å². The topological polar surface area (TPSA) is 110 Å². The molecular formula is C24H27N5O2S. The number of nitrogens with zero attached hydrogens (tertiary/aromatic N) is 2. The van der Waals surface area contributed by atoms with E-state index in [1.165, 1.54) is 0 Å². The highest BCUT2D eigenvalue weighted by Gasteiger charge is 2.16. The van der Waals surface area contributed by atoms with Gasteiger partial charge in [-0.15, -0.1) is 0 Å². The fourth-order valence-corrected chi connectivity index (χ4v) is 5.00. The summed E-state index contributed by atoms with van der Waals surface area (Å²) < 4.78 is 28.2. The quantitative estimate of drug-likeness (QED) is 0.311. The lowest BCUT2D eigenvalue weighted by atomic mass is 10.1. The van der Waals surface area contributed by atoms with Gasteiger partial charge in [0.15, 0.2) is 0 Å². The van der Waals surface area contributed by atoms with Crippen molar-refractivity contribution in [3.63, 3.8) is 0 Å². The van der Waals surface area contributed by atoms with Crippen molar-refractivity contribution in [2.75, 3.05) is 24.1 Å². The number of sulfonamides is 1. The highest BCUT2D eigenvalue weighted by molar-refractivity contribution is 7.89. The molecule has 0 radical (unpaired) electrons. The lowest BCUT2D eigenvalue weighted by Gasteiger charge is -2.10. The van der Waals surface area contributed by atoms with Gasteiger partial charge in [0.1, 0.15) is 5.82 Å². The molecule has 0 unspecified atom stereocenters. The summed E-state index contributed by atoms with van der Waals surface area (Å²) in [4.78, 5) is 9.11. The molecule has 0 amide bonds. The van der Waals surface area contributed by atoms with Gasteiger partial charge in [0.05, 0.1) is 10.4 Å². The van der Waals surface area contributed by atoms with Gasteiger partial charge in [0.2, 0.25) is 16.0 Å². The zero-order valence-electron chi connectivity index (χ0n) is 17.8. The van der Waals surface area contributed by atoms with Crippen molar-refractivity contribution >= 4 is 43.5 Å². The Balaban J connectivity index is 1.19. The van der Waals surface area contributed by atoms with E-state index in [0.717, 1.165) is 53.9 Å². The van der Waals surface area contributed by atoms with Gasteiger partial charge < -0.3 is 11.1 Å². The molecular weight excluding hydrogens is 422 g/mol. The van der Waals surface area contributed by atoms with Gasteiger partial charge in [0, 0.05) is 23.9 Å². The number of para-hydroxylation sites is 1. The molecule has 7 nitrogen and oxygen atoms in total. The van der Waals surface area contributed by atoms with Crippen LogP contribution in [0.3, 0.4) is 0 Å². The summed E-state index contributed by atoms with van der Waals surface area (Å²) >= 11 is 0. The Hall–Kier alpha value is -3.23. The summed E-state index contributed by atoms with van der Waals surface area (Å²) in [5, 5.41) is 5.73. The molecule has 32 heavy (non-hydrogen) atoms. The van der Waals surface area contributed by atoms with Crippen molar-refractivity contribution in [3.05, 3.63) is 66.7 Å². The standard InChI is InChI=1S/C24H27N5O2S/c25-23-20-13-5-6-14-21(20)28-24(29-23)26-16-7-1-2-8-17-27-32(30,31)22-15-9-11-18-10-3-4-12-19(18)22/h3-6,9-15,27H,1-2,7-8,16-17H2,(H3,25,26,28,29). The number of nitrogens with one attached hydrogen (secondary N) is 2. The Kier molecular flexibility index (Phi) is 6.82. The normalized spacial score (nSPS) is 11.8. The first-order valence-electron chi connectivity index (χ1n) is 10.8. The van der Waals surface area contributed by atoms with Crippen molar-refractivity contribution < 1.29 is 8.42 Å². The molecule has 0 aliphatic heterocycles. The third-order valence-electron chi connectivity index (χ3n) is 5.35. The van der Waals surface area contributed by atoms with Gasteiger partial charge in [-0.2, -0.15) is 4.98 Å². The number of aromatic nitrogens is 2. The van der Waals surface area contributed by atoms with Gasteiger partial charge in [-0.25, -0.2) is 18.1 Å². The van der Waals surface area contributed by atoms with Crippen LogP contribution in [-0.2, 0) is 10.0 Å². The number of nitrogen functional groups attached to an aromatic ring is 1. The molecule has 0 aliphatic rings. The molecule has 0 bridgehead atoms. The maximum Gasteiger partial charge on any atom is 0.241 e. The van der Waals surface area contributed by atoms with E-state index in [4.69, 9.17) is 5.73 Å². The van der Waals surface area contributed by atoms with Gasteiger partial charge in [-0.1, -0.05) is 61.4 Å². The number of benzene rings is 3. The smallest absolute Gasteiger partial charge is 0.241 e. The maximum atomic E-state index is 12.7. The predicted octanol–water partition coefficient (Wildman–Crippen LogP) is 4.32. The van der Waals surface area contributed by atoms with Crippen LogP contribution in [0, 0.1) is 0 Å². The van der Waals surface area contributed by atoms with Crippen molar-refractivity contribution in [1.82, 2.24) is 14.7 Å². The summed E-state index contributed by atoms with van der Waals surface area (Å²) in [5.74, 6) is 1.00. The summed E-state index contributed by atoms with van der Waals surface area (Å²) in [6, 6.07) is 20.5. The monoisotopic (exact) mass is 449 g/mol. The van der Waals surface area contributed by atoms with Crippen LogP contribution in [0.5, 0.6) is 0 Å². The number of unbranched alkanes of at least 4 members (excludes halogenated alkanes) is 3. The molecule has 166 valence electrons. The molecule has 0 spiro atoms. The molecule has 0 fully saturated rings. The summed E-state index contributed by atoms with van der Waals surface area (Å²) in [5.41, 5.74) is 6.82. The van der Waals surface area contributed by atoms with Crippen molar-refractivity contribution in [2.24, 2.45) is 0 Å². The van der Waals surface area contributed by atoms with Crippen molar-refractivity contribution in [2.45, 2.75) is 30.6 Å². The van der Waals surface area contributed by atoms with E-state index in [1.807, 2.05) is 54.6 Å². The fourth-order valence-electron chi connectivity index (χ4n) is 3.70. The van der Waals surface area contributed by atoms with Crippen LogP contribution in [0.25, 0.3) is 21.7 Å². The molecule has 4 aromatic rings. The first kappa shape index (κ1) is 22.0. The number of hydrogen-bond acceptors (Lipinski definition) is 6. The van der Waals surface area contributed by atoms with Gasteiger partial charge in [0.25, 0.3) is 0 Å².